The van der Waals surface area contributed by atoms with Crippen molar-refractivity contribution in [2.45, 2.75) is 30.3 Å². The van der Waals surface area contributed by atoms with E-state index in [0.717, 1.165) is 0 Å². The number of hydrogen-bond donors (Lipinski definition) is 2. The van der Waals surface area contributed by atoms with Gasteiger partial charge >= 0.3 is 5.97 Å². The Kier molecular flexibility index (Phi) is 7.90. The first kappa shape index (κ1) is 20.1. The lowest BCUT2D eigenvalue weighted by Gasteiger charge is -2.27. The smallest absolute Gasteiger partial charge is 0.306 e. The lowest BCUT2D eigenvalue weighted by atomic mass is 10.0. The van der Waals surface area contributed by atoms with Gasteiger partial charge in [-0.2, -0.15) is 0 Å². The Hall–Kier alpha value is -1.90. The number of aliphatic hydroxyl groups is 1. The van der Waals surface area contributed by atoms with Crippen LogP contribution in [0, 0.1) is 10.1 Å². The summed E-state index contributed by atoms with van der Waals surface area (Å²) in [6.07, 6.45) is -0.984. The molecule has 8 nitrogen and oxygen atoms in total. The molecule has 1 aromatic rings. The van der Waals surface area contributed by atoms with Crippen LogP contribution < -0.4 is 5.32 Å². The van der Waals surface area contributed by atoms with Crippen molar-refractivity contribution in [3.8, 4) is 0 Å². The Bertz CT molecular complexity index is 593. The van der Waals surface area contributed by atoms with E-state index in [-0.39, 0.29) is 12.1 Å². The van der Waals surface area contributed by atoms with Crippen LogP contribution in [0.4, 0.5) is 5.69 Å². The van der Waals surface area contributed by atoms with Crippen LogP contribution in [-0.4, -0.2) is 39.4 Å². The zero-order valence-corrected chi connectivity index (χ0v) is 14.2. The number of benzene rings is 1. The van der Waals surface area contributed by atoms with Crippen molar-refractivity contribution >= 4 is 40.8 Å². The first-order chi connectivity index (χ1) is 11.3. The Labute approximate surface area is 147 Å². The van der Waals surface area contributed by atoms with Crippen molar-refractivity contribution < 1.29 is 24.4 Å². The van der Waals surface area contributed by atoms with Crippen LogP contribution in [0.3, 0.4) is 0 Å². The lowest BCUT2D eigenvalue weighted by molar-refractivity contribution is -0.384. The molecular weight excluding hydrogens is 363 g/mol. The highest BCUT2D eigenvalue weighted by molar-refractivity contribution is 6.53. The van der Waals surface area contributed by atoms with Crippen molar-refractivity contribution in [1.82, 2.24) is 5.32 Å². The standard InChI is InChI=1S/C14H16Cl2N2O6/c1-2-11(20)24-12(10(7-19)17-14(21)13(15)16)8-3-5-9(6-4-8)18(22)23/h3-6,10,12-13,19H,2,7H2,1H3,(H,17,21). The Morgan fingerprint density at radius 1 is 1.33 bits per heavy atom. The van der Waals surface area contributed by atoms with Gasteiger partial charge in [-0.25, -0.2) is 0 Å². The SMILES string of the molecule is CCC(=O)OC(c1ccc([N+](=O)[O-])cc1)C(CO)NC(=O)C(Cl)Cl. The highest BCUT2D eigenvalue weighted by atomic mass is 35.5. The molecule has 132 valence electrons. The highest BCUT2D eigenvalue weighted by Crippen LogP contribution is 2.25. The second-order valence-corrected chi connectivity index (χ2v) is 5.81. The molecular formula is C14H16Cl2N2O6. The van der Waals surface area contributed by atoms with Gasteiger partial charge in [-0.15, -0.1) is 0 Å². The van der Waals surface area contributed by atoms with Crippen LogP contribution in [0.25, 0.3) is 0 Å². The average Bonchev–Trinajstić information content (AvgIpc) is 2.57. The normalized spacial score (nSPS) is 13.2. The first-order valence-electron chi connectivity index (χ1n) is 6.93. The molecule has 24 heavy (non-hydrogen) atoms. The third kappa shape index (κ3) is 5.63. The number of nitro groups is 1. The summed E-state index contributed by atoms with van der Waals surface area (Å²) in [6.45, 7) is 1.01. The van der Waals surface area contributed by atoms with E-state index >= 15 is 0 Å². The number of non-ortho nitro benzene ring substituents is 1. The molecule has 0 saturated heterocycles. The molecule has 0 saturated carbocycles. The monoisotopic (exact) mass is 378 g/mol. The highest BCUT2D eigenvalue weighted by Gasteiger charge is 2.29. The minimum atomic E-state index is -1.36. The number of halogens is 2. The summed E-state index contributed by atoms with van der Waals surface area (Å²) in [5.74, 6) is -1.34. The summed E-state index contributed by atoms with van der Waals surface area (Å²) in [5, 5.41) is 22.6. The molecule has 0 bridgehead atoms. The number of alkyl halides is 2. The number of aliphatic hydroxyl groups excluding tert-OH is 1. The number of ether oxygens (including phenoxy) is 1. The molecule has 0 heterocycles. The Morgan fingerprint density at radius 2 is 1.92 bits per heavy atom. The van der Waals surface area contributed by atoms with Crippen LogP contribution in [-0.2, 0) is 14.3 Å². The maximum atomic E-state index is 11.6. The largest absolute Gasteiger partial charge is 0.455 e. The summed E-state index contributed by atoms with van der Waals surface area (Å²) >= 11 is 10.9. The summed E-state index contributed by atoms with van der Waals surface area (Å²) in [5.41, 5.74) is 0.216. The van der Waals surface area contributed by atoms with E-state index in [1.807, 2.05) is 0 Å². The van der Waals surface area contributed by atoms with Crippen LogP contribution >= 0.6 is 23.2 Å². The molecule has 1 rings (SSSR count). The van der Waals surface area contributed by atoms with E-state index < -0.39 is 40.4 Å². The maximum Gasteiger partial charge on any atom is 0.306 e. The molecule has 2 atom stereocenters. The predicted octanol–water partition coefficient (Wildman–Crippen LogP) is 1.87. The fourth-order valence-electron chi connectivity index (χ4n) is 1.86. The fraction of sp³-hybridized carbons (Fsp3) is 0.429. The van der Waals surface area contributed by atoms with Crippen LogP contribution in [0.1, 0.15) is 25.0 Å². The molecule has 10 heteroatoms. The van der Waals surface area contributed by atoms with Crippen molar-refractivity contribution in [2.75, 3.05) is 6.61 Å². The van der Waals surface area contributed by atoms with Gasteiger partial charge in [0.05, 0.1) is 17.6 Å². The molecule has 0 spiro atoms. The molecule has 0 fully saturated rings. The van der Waals surface area contributed by atoms with Gasteiger partial charge < -0.3 is 15.2 Å². The van der Waals surface area contributed by atoms with Crippen molar-refractivity contribution in [3.63, 3.8) is 0 Å². The van der Waals surface area contributed by atoms with Crippen LogP contribution in [0.2, 0.25) is 0 Å². The Balaban J connectivity index is 3.10. The molecule has 1 aromatic carbocycles. The van der Waals surface area contributed by atoms with Gasteiger partial charge in [-0.05, 0) is 17.7 Å². The second kappa shape index (κ2) is 9.41. The summed E-state index contributed by atoms with van der Waals surface area (Å²) in [4.78, 5) is 32.0. The number of esters is 1. The minimum Gasteiger partial charge on any atom is -0.455 e. The van der Waals surface area contributed by atoms with Gasteiger partial charge in [0.25, 0.3) is 11.6 Å². The zero-order valence-electron chi connectivity index (χ0n) is 12.6. The third-order valence-electron chi connectivity index (χ3n) is 3.07. The fourth-order valence-corrected chi connectivity index (χ4v) is 1.98. The first-order valence-corrected chi connectivity index (χ1v) is 7.80. The second-order valence-electron chi connectivity index (χ2n) is 4.71. The topological polar surface area (TPSA) is 119 Å². The van der Waals surface area contributed by atoms with Gasteiger partial charge in [-0.3, -0.25) is 19.7 Å². The Morgan fingerprint density at radius 3 is 2.33 bits per heavy atom. The van der Waals surface area contributed by atoms with Gasteiger partial charge in [0.1, 0.15) is 6.10 Å². The predicted molar refractivity (Wildman–Crippen MR) is 86.7 cm³/mol. The van der Waals surface area contributed by atoms with E-state index in [0.29, 0.717) is 5.56 Å². The summed E-state index contributed by atoms with van der Waals surface area (Å²) in [6, 6.07) is 4.18. The molecule has 0 radical (unpaired) electrons. The van der Waals surface area contributed by atoms with E-state index in [4.69, 9.17) is 27.9 Å². The minimum absolute atomic E-state index is 0.0726. The van der Waals surface area contributed by atoms with E-state index in [1.165, 1.54) is 24.3 Å². The number of carbonyl (C=O) groups excluding carboxylic acids is 2. The number of hydrogen-bond acceptors (Lipinski definition) is 6. The number of carbonyl (C=O) groups is 2. The van der Waals surface area contributed by atoms with Gasteiger partial charge in [0.2, 0.25) is 0 Å². The molecule has 0 aromatic heterocycles. The van der Waals surface area contributed by atoms with E-state index in [1.54, 1.807) is 6.92 Å². The average molecular weight is 379 g/mol. The number of nitro benzene ring substituents is 1. The number of rotatable bonds is 8. The molecule has 2 unspecified atom stereocenters. The van der Waals surface area contributed by atoms with E-state index in [9.17, 15) is 24.8 Å². The van der Waals surface area contributed by atoms with Crippen molar-refractivity contribution in [3.05, 3.63) is 39.9 Å². The summed E-state index contributed by atoms with van der Waals surface area (Å²) in [7, 11) is 0. The quantitative estimate of drug-likeness (QED) is 0.308. The molecule has 0 aliphatic rings. The zero-order chi connectivity index (χ0) is 18.3. The van der Waals surface area contributed by atoms with Crippen molar-refractivity contribution in [1.29, 1.82) is 0 Å². The number of nitrogens with one attached hydrogen (secondary N) is 1. The summed E-state index contributed by atoms with van der Waals surface area (Å²) < 4.78 is 5.25. The van der Waals surface area contributed by atoms with Crippen LogP contribution in [0.5, 0.6) is 0 Å². The molecule has 2 N–H and O–H groups in total. The number of nitrogens with zero attached hydrogens (tertiary/aromatic N) is 1. The van der Waals surface area contributed by atoms with E-state index in [2.05, 4.69) is 5.32 Å². The molecule has 0 aliphatic heterocycles. The molecule has 0 aliphatic carbocycles. The van der Waals surface area contributed by atoms with Gasteiger partial charge in [-0.1, -0.05) is 30.1 Å². The van der Waals surface area contributed by atoms with Gasteiger partial charge in [0, 0.05) is 18.6 Å². The van der Waals surface area contributed by atoms with Crippen molar-refractivity contribution in [2.24, 2.45) is 0 Å². The van der Waals surface area contributed by atoms with Crippen LogP contribution in [0.15, 0.2) is 24.3 Å². The maximum absolute atomic E-state index is 11.6. The van der Waals surface area contributed by atoms with Gasteiger partial charge in [0.15, 0.2) is 4.84 Å². The third-order valence-corrected chi connectivity index (χ3v) is 3.46. The number of amides is 1. The molecule has 1 amide bonds. The lowest BCUT2D eigenvalue weighted by Crippen LogP contribution is -2.45.